The second-order valence-electron chi connectivity index (χ2n) is 5.45. The minimum absolute atomic E-state index is 0.139. The predicted molar refractivity (Wildman–Crippen MR) is 82.9 cm³/mol. The third-order valence-corrected chi connectivity index (χ3v) is 3.89. The molecule has 1 saturated heterocycles. The Morgan fingerprint density at radius 3 is 2.60 bits per heavy atom. The molecule has 0 bridgehead atoms. The maximum atomic E-state index is 13.6. The molecule has 1 aromatic rings. The van der Waals surface area contributed by atoms with Crippen LogP contribution in [0, 0.1) is 0 Å². The number of hydrogen-bond acceptors (Lipinski definition) is 3. The van der Waals surface area contributed by atoms with Crippen LogP contribution in [0.3, 0.4) is 0 Å². The van der Waals surface area contributed by atoms with Crippen molar-refractivity contribution in [3.05, 3.63) is 34.9 Å². The molecule has 1 atom stereocenters. The van der Waals surface area contributed by atoms with Gasteiger partial charge in [-0.15, -0.1) is 0 Å². The molecule has 0 aromatic heterocycles. The lowest BCUT2D eigenvalue weighted by Gasteiger charge is -2.29. The number of alkyl halides is 3. The van der Waals surface area contributed by atoms with Gasteiger partial charge < -0.3 is 5.32 Å². The van der Waals surface area contributed by atoms with Crippen molar-refractivity contribution in [2.24, 2.45) is 0 Å². The van der Waals surface area contributed by atoms with Gasteiger partial charge in [0.15, 0.2) is 0 Å². The standard InChI is InChI=1S/C15H15ClF3N3O3/c1-2-3-7-22-12(24)14(15(17,18)19,21-13(22)25)20-11(23)9-5-4-6-10(16)8-9/h4-6,8H,2-3,7H2,1H3,(H,20,23)(H,21,25). The van der Waals surface area contributed by atoms with Crippen molar-refractivity contribution in [2.45, 2.75) is 31.6 Å². The van der Waals surface area contributed by atoms with Gasteiger partial charge >= 0.3 is 12.2 Å². The second-order valence-corrected chi connectivity index (χ2v) is 5.89. The molecule has 25 heavy (non-hydrogen) atoms. The van der Waals surface area contributed by atoms with Crippen LogP contribution >= 0.6 is 11.6 Å². The highest BCUT2D eigenvalue weighted by molar-refractivity contribution is 6.31. The summed E-state index contributed by atoms with van der Waals surface area (Å²) in [5.74, 6) is -2.75. The number of halogens is 4. The van der Waals surface area contributed by atoms with Crippen molar-refractivity contribution in [1.29, 1.82) is 0 Å². The first-order valence-electron chi connectivity index (χ1n) is 7.41. The lowest BCUT2D eigenvalue weighted by molar-refractivity contribution is -0.200. The Morgan fingerprint density at radius 1 is 1.36 bits per heavy atom. The summed E-state index contributed by atoms with van der Waals surface area (Å²) in [6, 6.07) is 3.99. The second kappa shape index (κ2) is 6.91. The molecule has 1 heterocycles. The van der Waals surface area contributed by atoms with Crippen molar-refractivity contribution >= 4 is 29.4 Å². The van der Waals surface area contributed by atoms with Crippen LogP contribution in [0.1, 0.15) is 30.1 Å². The topological polar surface area (TPSA) is 78.5 Å². The molecule has 10 heteroatoms. The van der Waals surface area contributed by atoms with Crippen LogP contribution < -0.4 is 10.6 Å². The Morgan fingerprint density at radius 2 is 2.04 bits per heavy atom. The Hall–Kier alpha value is -2.29. The van der Waals surface area contributed by atoms with E-state index in [2.05, 4.69) is 0 Å². The van der Waals surface area contributed by atoms with Gasteiger partial charge in [-0.1, -0.05) is 31.0 Å². The normalized spacial score (nSPS) is 20.6. The number of carbonyl (C=O) groups is 3. The lowest BCUT2D eigenvalue weighted by atomic mass is 10.1. The highest BCUT2D eigenvalue weighted by Crippen LogP contribution is 2.34. The van der Waals surface area contributed by atoms with Crippen molar-refractivity contribution in [3.8, 4) is 0 Å². The van der Waals surface area contributed by atoms with E-state index in [0.29, 0.717) is 17.7 Å². The van der Waals surface area contributed by atoms with Crippen LogP contribution in [0.4, 0.5) is 18.0 Å². The number of hydrogen-bond donors (Lipinski definition) is 2. The van der Waals surface area contributed by atoms with Gasteiger partial charge in [-0.05, 0) is 24.6 Å². The molecule has 2 N–H and O–H groups in total. The number of unbranched alkanes of at least 4 members (excludes halogenated alkanes) is 1. The van der Waals surface area contributed by atoms with E-state index in [1.807, 2.05) is 0 Å². The van der Waals surface area contributed by atoms with Gasteiger partial charge in [0.05, 0.1) is 0 Å². The fourth-order valence-electron chi connectivity index (χ4n) is 2.32. The fourth-order valence-corrected chi connectivity index (χ4v) is 2.51. The van der Waals surface area contributed by atoms with Crippen LogP contribution in [0.15, 0.2) is 24.3 Å². The van der Waals surface area contributed by atoms with Gasteiger partial charge in [0, 0.05) is 17.1 Å². The number of rotatable bonds is 5. The molecule has 2 rings (SSSR count). The molecule has 1 aromatic carbocycles. The SMILES string of the molecule is CCCCN1C(=O)NC(NC(=O)c2cccc(Cl)c2)(C(F)(F)F)C1=O. The molecule has 0 aliphatic carbocycles. The zero-order valence-electron chi connectivity index (χ0n) is 13.1. The Balaban J connectivity index is 2.35. The van der Waals surface area contributed by atoms with Gasteiger partial charge in [-0.2, -0.15) is 13.2 Å². The average Bonchev–Trinajstić information content (AvgIpc) is 2.76. The number of benzene rings is 1. The third kappa shape index (κ3) is 3.55. The van der Waals surface area contributed by atoms with Gasteiger partial charge in [-0.3, -0.25) is 19.8 Å². The molecule has 0 saturated carbocycles. The number of urea groups is 1. The summed E-state index contributed by atoms with van der Waals surface area (Å²) in [4.78, 5) is 36.8. The molecule has 1 fully saturated rings. The average molecular weight is 378 g/mol. The zero-order chi connectivity index (χ0) is 18.8. The minimum atomic E-state index is -5.23. The maximum Gasteiger partial charge on any atom is 0.440 e. The van der Waals surface area contributed by atoms with E-state index >= 15 is 0 Å². The highest BCUT2D eigenvalue weighted by atomic mass is 35.5. The van der Waals surface area contributed by atoms with Crippen molar-refractivity contribution in [2.75, 3.05) is 6.54 Å². The molecule has 1 unspecified atom stereocenters. The van der Waals surface area contributed by atoms with Gasteiger partial charge in [-0.25, -0.2) is 4.79 Å². The Kier molecular flexibility index (Phi) is 5.26. The van der Waals surface area contributed by atoms with Crippen LogP contribution in [-0.2, 0) is 4.79 Å². The number of amides is 4. The predicted octanol–water partition coefficient (Wildman–Crippen LogP) is 2.68. The third-order valence-electron chi connectivity index (χ3n) is 3.65. The van der Waals surface area contributed by atoms with E-state index in [1.165, 1.54) is 18.2 Å². The minimum Gasteiger partial charge on any atom is -0.314 e. The van der Waals surface area contributed by atoms with E-state index < -0.39 is 29.7 Å². The van der Waals surface area contributed by atoms with E-state index in [-0.39, 0.29) is 17.1 Å². The first kappa shape index (κ1) is 19.0. The summed E-state index contributed by atoms with van der Waals surface area (Å²) in [5.41, 5.74) is -3.68. The van der Waals surface area contributed by atoms with E-state index in [0.717, 1.165) is 6.07 Å². The molecule has 0 radical (unpaired) electrons. The lowest BCUT2D eigenvalue weighted by Crippen LogP contribution is -2.69. The quantitative estimate of drug-likeness (QED) is 0.774. The molecule has 136 valence electrons. The highest BCUT2D eigenvalue weighted by Gasteiger charge is 2.68. The number of imide groups is 1. The smallest absolute Gasteiger partial charge is 0.314 e. The first-order chi connectivity index (χ1) is 11.6. The van der Waals surface area contributed by atoms with E-state index in [4.69, 9.17) is 11.6 Å². The Bertz CT molecular complexity index is 711. The first-order valence-corrected chi connectivity index (χ1v) is 7.79. The van der Waals surface area contributed by atoms with E-state index in [9.17, 15) is 27.6 Å². The van der Waals surface area contributed by atoms with Crippen molar-refractivity contribution in [3.63, 3.8) is 0 Å². The van der Waals surface area contributed by atoms with Crippen LogP contribution in [-0.4, -0.2) is 41.1 Å². The molecule has 1 aliphatic rings. The number of nitrogens with zero attached hydrogens (tertiary/aromatic N) is 1. The monoisotopic (exact) mass is 377 g/mol. The summed E-state index contributed by atoms with van der Waals surface area (Å²) in [5, 5.41) is 3.33. The van der Waals surface area contributed by atoms with Crippen molar-refractivity contribution < 1.29 is 27.6 Å². The zero-order valence-corrected chi connectivity index (χ0v) is 13.9. The van der Waals surface area contributed by atoms with Crippen molar-refractivity contribution in [1.82, 2.24) is 15.5 Å². The van der Waals surface area contributed by atoms with Gasteiger partial charge in [0.2, 0.25) is 0 Å². The van der Waals surface area contributed by atoms with Crippen LogP contribution in [0.5, 0.6) is 0 Å². The number of nitrogens with one attached hydrogen (secondary N) is 2. The summed E-state index contributed by atoms with van der Waals surface area (Å²) >= 11 is 5.72. The van der Waals surface area contributed by atoms with Gasteiger partial charge in [0.25, 0.3) is 17.5 Å². The van der Waals surface area contributed by atoms with Crippen LogP contribution in [0.2, 0.25) is 5.02 Å². The summed E-state index contributed by atoms with van der Waals surface area (Å²) in [6.45, 7) is 1.59. The van der Waals surface area contributed by atoms with Gasteiger partial charge in [0.1, 0.15) is 0 Å². The largest absolute Gasteiger partial charge is 0.440 e. The van der Waals surface area contributed by atoms with E-state index in [1.54, 1.807) is 17.6 Å². The molecule has 6 nitrogen and oxygen atoms in total. The molecule has 1 aliphatic heterocycles. The molecular weight excluding hydrogens is 363 g/mol. The summed E-state index contributed by atoms with van der Waals surface area (Å²) in [6.07, 6.45) is -4.31. The Labute approximate surface area is 146 Å². The summed E-state index contributed by atoms with van der Waals surface area (Å²) < 4.78 is 40.8. The molecular formula is C15H15ClF3N3O3. The molecule has 4 amide bonds. The maximum absolute atomic E-state index is 13.6. The summed E-state index contributed by atoms with van der Waals surface area (Å²) in [7, 11) is 0. The number of carbonyl (C=O) groups excluding carboxylic acids is 3. The molecule has 0 spiro atoms. The fraction of sp³-hybridized carbons (Fsp3) is 0.400. The van der Waals surface area contributed by atoms with Crippen LogP contribution in [0.25, 0.3) is 0 Å².